The molecule has 4 heteroatoms. The lowest BCUT2D eigenvalue weighted by atomic mass is 10.1. The summed E-state index contributed by atoms with van der Waals surface area (Å²) < 4.78 is 5.08. The van der Waals surface area contributed by atoms with Crippen LogP contribution >= 0.6 is 0 Å². The van der Waals surface area contributed by atoms with E-state index < -0.39 is 5.91 Å². The molecular weight excluding hydrogens is 290 g/mol. The van der Waals surface area contributed by atoms with Crippen molar-refractivity contribution < 1.29 is 14.3 Å². The van der Waals surface area contributed by atoms with Crippen LogP contribution in [0.4, 0.5) is 0 Å². The molecule has 0 spiro atoms. The average Bonchev–Trinajstić information content (AvgIpc) is 2.61. The average molecular weight is 311 g/mol. The molecule has 23 heavy (non-hydrogen) atoms. The summed E-state index contributed by atoms with van der Waals surface area (Å²) in [6.07, 6.45) is 1.48. The van der Waals surface area contributed by atoms with Gasteiger partial charge in [-0.2, -0.15) is 0 Å². The topological polar surface area (TPSA) is 55.4 Å². The largest absolute Gasteiger partial charge is 0.497 e. The number of methoxy groups -OCH3 is 1. The Morgan fingerprint density at radius 3 is 2.22 bits per heavy atom. The number of nitrogens with one attached hydrogen (secondary N) is 1. The van der Waals surface area contributed by atoms with E-state index in [-0.39, 0.29) is 12.2 Å². The molecule has 0 aliphatic rings. The third kappa shape index (κ3) is 5.58. The van der Waals surface area contributed by atoms with E-state index in [0.29, 0.717) is 13.0 Å². The SMILES string of the molecule is COc1ccc(CCC(=O)C(=O)NCCc2ccccc2)cc1. The minimum absolute atomic E-state index is 0.212. The predicted octanol–water partition coefficient (Wildman–Crippen LogP) is 2.56. The molecule has 0 aromatic heterocycles. The molecule has 0 aliphatic heterocycles. The standard InChI is InChI=1S/C19H21NO3/c1-23-17-10-7-16(8-11-17)9-12-18(21)19(22)20-14-13-15-5-3-2-4-6-15/h2-8,10-11H,9,12-14H2,1H3,(H,20,22). The molecule has 0 bridgehead atoms. The zero-order chi connectivity index (χ0) is 16.5. The molecule has 2 aromatic rings. The molecule has 0 heterocycles. The zero-order valence-corrected chi connectivity index (χ0v) is 13.2. The third-order valence-corrected chi connectivity index (χ3v) is 3.60. The van der Waals surface area contributed by atoms with Crippen molar-refractivity contribution in [1.82, 2.24) is 5.32 Å². The molecule has 0 saturated heterocycles. The number of ketones is 1. The van der Waals surface area contributed by atoms with Crippen molar-refractivity contribution in [2.75, 3.05) is 13.7 Å². The van der Waals surface area contributed by atoms with E-state index in [1.165, 1.54) is 0 Å². The highest BCUT2D eigenvalue weighted by molar-refractivity contribution is 6.36. The number of rotatable bonds is 8. The van der Waals surface area contributed by atoms with Gasteiger partial charge in [-0.1, -0.05) is 42.5 Å². The molecule has 0 unspecified atom stereocenters. The Kier molecular flexibility index (Phi) is 6.36. The second-order valence-electron chi connectivity index (χ2n) is 5.26. The summed E-state index contributed by atoms with van der Waals surface area (Å²) in [5, 5.41) is 2.68. The van der Waals surface area contributed by atoms with Crippen molar-refractivity contribution in [3.05, 3.63) is 65.7 Å². The van der Waals surface area contributed by atoms with Gasteiger partial charge in [0.15, 0.2) is 0 Å². The van der Waals surface area contributed by atoms with Crippen LogP contribution in [0.3, 0.4) is 0 Å². The highest BCUT2D eigenvalue weighted by atomic mass is 16.5. The van der Waals surface area contributed by atoms with Crippen LogP contribution in [0.15, 0.2) is 54.6 Å². The molecule has 1 N–H and O–H groups in total. The number of hydrogen-bond acceptors (Lipinski definition) is 3. The summed E-state index contributed by atoms with van der Waals surface area (Å²) in [7, 11) is 1.61. The minimum atomic E-state index is -0.505. The van der Waals surface area contributed by atoms with Crippen molar-refractivity contribution in [2.45, 2.75) is 19.3 Å². The monoisotopic (exact) mass is 311 g/mol. The number of benzene rings is 2. The Morgan fingerprint density at radius 2 is 1.57 bits per heavy atom. The molecule has 4 nitrogen and oxygen atoms in total. The second-order valence-corrected chi connectivity index (χ2v) is 5.26. The van der Waals surface area contributed by atoms with E-state index in [9.17, 15) is 9.59 Å². The molecule has 0 aliphatic carbocycles. The lowest BCUT2D eigenvalue weighted by Gasteiger charge is -2.05. The number of carbonyl (C=O) groups excluding carboxylic acids is 2. The Hall–Kier alpha value is -2.62. The van der Waals surface area contributed by atoms with E-state index in [2.05, 4.69) is 5.32 Å². The second kappa shape index (κ2) is 8.73. The van der Waals surface area contributed by atoms with Gasteiger partial charge < -0.3 is 10.1 Å². The molecular formula is C19H21NO3. The number of aryl methyl sites for hydroxylation is 1. The molecule has 0 atom stereocenters. The van der Waals surface area contributed by atoms with E-state index in [4.69, 9.17) is 4.74 Å². The lowest BCUT2D eigenvalue weighted by Crippen LogP contribution is -2.32. The molecule has 0 fully saturated rings. The van der Waals surface area contributed by atoms with Crippen LogP contribution in [0.25, 0.3) is 0 Å². The van der Waals surface area contributed by atoms with Gasteiger partial charge in [0.1, 0.15) is 5.75 Å². The van der Waals surface area contributed by atoms with E-state index in [1.54, 1.807) is 7.11 Å². The fourth-order valence-corrected chi connectivity index (χ4v) is 2.23. The third-order valence-electron chi connectivity index (χ3n) is 3.60. The minimum Gasteiger partial charge on any atom is -0.497 e. The van der Waals surface area contributed by atoms with Gasteiger partial charge >= 0.3 is 0 Å². The predicted molar refractivity (Wildman–Crippen MR) is 89.5 cm³/mol. The van der Waals surface area contributed by atoms with Crippen LogP contribution in [-0.4, -0.2) is 25.3 Å². The van der Waals surface area contributed by atoms with Gasteiger partial charge in [-0.25, -0.2) is 0 Å². The summed E-state index contributed by atoms with van der Waals surface area (Å²) in [4.78, 5) is 23.6. The maximum absolute atomic E-state index is 11.8. The first-order valence-corrected chi connectivity index (χ1v) is 7.67. The van der Waals surface area contributed by atoms with Crippen LogP contribution in [0.5, 0.6) is 5.75 Å². The fourth-order valence-electron chi connectivity index (χ4n) is 2.23. The van der Waals surface area contributed by atoms with E-state index >= 15 is 0 Å². The Bertz CT molecular complexity index is 635. The van der Waals surface area contributed by atoms with Crippen molar-refractivity contribution in [3.63, 3.8) is 0 Å². The van der Waals surface area contributed by atoms with Gasteiger partial charge in [0, 0.05) is 13.0 Å². The number of amides is 1. The zero-order valence-electron chi connectivity index (χ0n) is 13.2. The van der Waals surface area contributed by atoms with Crippen molar-refractivity contribution in [2.24, 2.45) is 0 Å². The summed E-state index contributed by atoms with van der Waals surface area (Å²) in [6.45, 7) is 0.469. The molecule has 0 saturated carbocycles. The van der Waals surface area contributed by atoms with Crippen LogP contribution in [0, 0.1) is 0 Å². The van der Waals surface area contributed by atoms with Gasteiger partial charge in [0.2, 0.25) is 5.78 Å². The smallest absolute Gasteiger partial charge is 0.287 e. The first-order valence-electron chi connectivity index (χ1n) is 7.67. The van der Waals surface area contributed by atoms with Gasteiger partial charge in [-0.15, -0.1) is 0 Å². The summed E-state index contributed by atoms with van der Waals surface area (Å²) in [5.74, 6) is -0.109. The molecule has 1 amide bonds. The first kappa shape index (κ1) is 16.7. The Balaban J connectivity index is 1.71. The normalized spacial score (nSPS) is 10.1. The van der Waals surface area contributed by atoms with Gasteiger partial charge in [0.05, 0.1) is 7.11 Å². The number of Topliss-reactive ketones (excluding diaryl/α,β-unsaturated/α-hetero) is 1. The molecule has 2 rings (SSSR count). The van der Waals surface area contributed by atoms with Gasteiger partial charge in [-0.05, 0) is 36.1 Å². The number of ether oxygens (including phenoxy) is 1. The maximum Gasteiger partial charge on any atom is 0.287 e. The number of hydrogen-bond donors (Lipinski definition) is 1. The van der Waals surface area contributed by atoms with Crippen molar-refractivity contribution in [1.29, 1.82) is 0 Å². The number of carbonyl (C=O) groups is 2. The Labute approximate surface area is 136 Å². The van der Waals surface area contributed by atoms with Gasteiger partial charge in [-0.3, -0.25) is 9.59 Å². The van der Waals surface area contributed by atoms with E-state index in [1.807, 2.05) is 54.6 Å². The first-order chi connectivity index (χ1) is 11.2. The Morgan fingerprint density at radius 1 is 0.913 bits per heavy atom. The lowest BCUT2D eigenvalue weighted by molar-refractivity contribution is -0.137. The fraction of sp³-hybridized carbons (Fsp3) is 0.263. The molecule has 120 valence electrons. The highest BCUT2D eigenvalue weighted by Gasteiger charge is 2.12. The van der Waals surface area contributed by atoms with Crippen molar-refractivity contribution >= 4 is 11.7 Å². The van der Waals surface area contributed by atoms with Crippen LogP contribution in [-0.2, 0) is 22.4 Å². The van der Waals surface area contributed by atoms with Gasteiger partial charge in [0.25, 0.3) is 5.91 Å². The molecule has 0 radical (unpaired) electrons. The maximum atomic E-state index is 11.8. The van der Waals surface area contributed by atoms with Crippen LogP contribution in [0.1, 0.15) is 17.5 Å². The molecule has 2 aromatic carbocycles. The van der Waals surface area contributed by atoms with Crippen LogP contribution < -0.4 is 10.1 Å². The van der Waals surface area contributed by atoms with Crippen molar-refractivity contribution in [3.8, 4) is 5.75 Å². The summed E-state index contributed by atoms with van der Waals surface area (Å²) in [6, 6.07) is 17.4. The van der Waals surface area contributed by atoms with E-state index in [0.717, 1.165) is 23.3 Å². The summed E-state index contributed by atoms with van der Waals surface area (Å²) in [5.41, 5.74) is 2.15. The summed E-state index contributed by atoms with van der Waals surface area (Å²) >= 11 is 0. The quantitative estimate of drug-likeness (QED) is 0.762. The van der Waals surface area contributed by atoms with Crippen LogP contribution in [0.2, 0.25) is 0 Å². The highest BCUT2D eigenvalue weighted by Crippen LogP contribution is 2.12.